The number of ether oxygens (including phenoxy) is 1. The minimum atomic E-state index is -3.94. The molecule has 0 aromatic heterocycles. The molecule has 9 heteroatoms. The largest absolute Gasteiger partial charge is 0.459 e. The van der Waals surface area contributed by atoms with Crippen molar-refractivity contribution in [3.8, 4) is 0 Å². The van der Waals surface area contributed by atoms with E-state index in [2.05, 4.69) is 0 Å². The van der Waals surface area contributed by atoms with E-state index >= 15 is 0 Å². The maximum absolute atomic E-state index is 12.1. The van der Waals surface area contributed by atoms with Gasteiger partial charge in [-0.25, -0.2) is 8.42 Å². The lowest BCUT2D eigenvalue weighted by Gasteiger charge is -2.20. The summed E-state index contributed by atoms with van der Waals surface area (Å²) in [6, 6.07) is 0. The van der Waals surface area contributed by atoms with E-state index in [1.54, 1.807) is 34.6 Å². The Kier molecular flexibility index (Phi) is 7.38. The molecule has 0 aliphatic heterocycles. The molecule has 0 N–H and O–H groups in total. The Bertz CT molecular complexity index is 454. The highest BCUT2D eigenvalue weighted by atomic mass is 32.2. The van der Waals surface area contributed by atoms with Gasteiger partial charge in [0, 0.05) is 0 Å². The fourth-order valence-corrected chi connectivity index (χ4v) is 5.51. The summed E-state index contributed by atoms with van der Waals surface area (Å²) >= 11 is 0. The predicted molar refractivity (Wildman–Crippen MR) is 75.4 cm³/mol. The van der Waals surface area contributed by atoms with Crippen molar-refractivity contribution >= 4 is 23.4 Å². The molecule has 0 bridgehead atoms. The van der Waals surface area contributed by atoms with Crippen LogP contribution in [0.2, 0.25) is 0 Å². The third-order valence-corrected chi connectivity index (χ3v) is 6.58. The van der Waals surface area contributed by atoms with Crippen molar-refractivity contribution in [2.45, 2.75) is 40.2 Å². The highest BCUT2D eigenvalue weighted by Crippen LogP contribution is 2.49. The average Bonchev–Trinajstić information content (AvgIpc) is 2.11. The van der Waals surface area contributed by atoms with Crippen molar-refractivity contribution in [1.82, 2.24) is 0 Å². The van der Waals surface area contributed by atoms with Crippen LogP contribution in [-0.4, -0.2) is 44.4 Å². The van der Waals surface area contributed by atoms with Crippen LogP contribution in [-0.2, 0) is 33.0 Å². The molecule has 0 unspecified atom stereocenters. The first-order valence-corrected chi connectivity index (χ1v) is 9.78. The van der Waals surface area contributed by atoms with Crippen molar-refractivity contribution in [3.63, 3.8) is 0 Å². The van der Waals surface area contributed by atoms with Crippen molar-refractivity contribution in [1.29, 1.82) is 0 Å². The Morgan fingerprint density at radius 1 is 1.10 bits per heavy atom. The second kappa shape index (κ2) is 7.54. The standard InChI is InChI=1S/C11H23O7PS/c1-6-16-19(13,17-7-2)9-20(14,15)8-10(12)18-11(3,4)5/h6-9H2,1-5H3. The minimum Gasteiger partial charge on any atom is -0.459 e. The van der Waals surface area contributed by atoms with Crippen LogP contribution >= 0.6 is 7.60 Å². The second-order valence-electron chi connectivity index (χ2n) is 5.05. The average molecular weight is 330 g/mol. The Labute approximate surface area is 120 Å². The maximum atomic E-state index is 12.1. The lowest BCUT2D eigenvalue weighted by Crippen LogP contribution is -2.29. The van der Waals surface area contributed by atoms with Gasteiger partial charge in [-0.05, 0) is 34.6 Å². The molecule has 0 aromatic carbocycles. The van der Waals surface area contributed by atoms with Gasteiger partial charge in [0.15, 0.2) is 15.3 Å². The first kappa shape index (κ1) is 19.6. The van der Waals surface area contributed by atoms with E-state index in [9.17, 15) is 17.8 Å². The monoisotopic (exact) mass is 330 g/mol. The Balaban J connectivity index is 4.81. The third-order valence-electron chi connectivity index (χ3n) is 1.76. The number of hydrogen-bond acceptors (Lipinski definition) is 7. The molecule has 0 aliphatic carbocycles. The van der Waals surface area contributed by atoms with Gasteiger partial charge in [-0.1, -0.05) is 0 Å². The molecule has 0 spiro atoms. The smallest absolute Gasteiger partial charge is 0.345 e. The summed E-state index contributed by atoms with van der Waals surface area (Å²) < 4.78 is 50.5. The van der Waals surface area contributed by atoms with Crippen LogP contribution in [0.25, 0.3) is 0 Å². The molecule has 0 fully saturated rings. The van der Waals surface area contributed by atoms with E-state index in [-0.39, 0.29) is 13.2 Å². The van der Waals surface area contributed by atoms with E-state index in [1.807, 2.05) is 0 Å². The molecule has 0 radical (unpaired) electrons. The van der Waals surface area contributed by atoms with Crippen LogP contribution in [0.4, 0.5) is 0 Å². The zero-order valence-corrected chi connectivity index (χ0v) is 14.3. The first-order chi connectivity index (χ1) is 8.93. The molecule has 0 heterocycles. The normalized spacial score (nSPS) is 13.2. The molecule has 20 heavy (non-hydrogen) atoms. The van der Waals surface area contributed by atoms with Gasteiger partial charge >= 0.3 is 13.6 Å². The molecule has 120 valence electrons. The number of sulfone groups is 1. The van der Waals surface area contributed by atoms with E-state index in [4.69, 9.17) is 13.8 Å². The molecular weight excluding hydrogens is 307 g/mol. The van der Waals surface area contributed by atoms with Gasteiger partial charge in [-0.3, -0.25) is 9.36 Å². The minimum absolute atomic E-state index is 0.0548. The Morgan fingerprint density at radius 3 is 1.90 bits per heavy atom. The zero-order chi connectivity index (χ0) is 16.0. The van der Waals surface area contributed by atoms with Crippen LogP contribution in [0.5, 0.6) is 0 Å². The zero-order valence-electron chi connectivity index (χ0n) is 12.5. The molecule has 0 amide bonds. The summed E-state index contributed by atoms with van der Waals surface area (Å²) in [7, 11) is -7.69. The molecule has 0 aliphatic rings. The summed E-state index contributed by atoms with van der Waals surface area (Å²) in [5, 5.41) is 0. The van der Waals surface area contributed by atoms with Crippen molar-refractivity contribution in [3.05, 3.63) is 0 Å². The number of carbonyl (C=O) groups excluding carboxylic acids is 1. The summed E-state index contributed by atoms with van der Waals surface area (Å²) in [6.45, 7) is 8.14. The van der Waals surface area contributed by atoms with Crippen LogP contribution in [0.15, 0.2) is 0 Å². The Hall–Kier alpha value is -0.430. The van der Waals surface area contributed by atoms with E-state index < -0.39 is 40.3 Å². The molecule has 0 saturated heterocycles. The summed E-state index contributed by atoms with van der Waals surface area (Å²) in [5.74, 6) is -1.74. The Morgan fingerprint density at radius 2 is 1.55 bits per heavy atom. The van der Waals surface area contributed by atoms with Crippen molar-refractivity contribution < 1.29 is 31.6 Å². The van der Waals surface area contributed by atoms with Crippen LogP contribution < -0.4 is 0 Å². The molecule has 0 rings (SSSR count). The summed E-state index contributed by atoms with van der Waals surface area (Å²) in [4.78, 5) is 11.5. The molecule has 7 nitrogen and oxygen atoms in total. The van der Waals surface area contributed by atoms with Crippen LogP contribution in [0.1, 0.15) is 34.6 Å². The first-order valence-electron chi connectivity index (χ1n) is 6.23. The van der Waals surface area contributed by atoms with Crippen molar-refractivity contribution in [2.75, 3.05) is 24.5 Å². The van der Waals surface area contributed by atoms with Gasteiger partial charge in [-0.15, -0.1) is 0 Å². The topological polar surface area (TPSA) is 96.0 Å². The SMILES string of the molecule is CCOP(=O)(CS(=O)(=O)CC(=O)OC(C)(C)C)OCC. The van der Waals surface area contributed by atoms with Gasteiger partial charge < -0.3 is 13.8 Å². The fourth-order valence-electron chi connectivity index (χ4n) is 1.34. The summed E-state index contributed by atoms with van der Waals surface area (Å²) in [6.07, 6.45) is 0. The van der Waals surface area contributed by atoms with E-state index in [0.29, 0.717) is 0 Å². The highest BCUT2D eigenvalue weighted by Gasteiger charge is 2.34. The van der Waals surface area contributed by atoms with Gasteiger partial charge in [0.1, 0.15) is 11.4 Å². The third kappa shape index (κ3) is 8.68. The highest BCUT2D eigenvalue weighted by molar-refractivity contribution is 7.98. The van der Waals surface area contributed by atoms with Crippen molar-refractivity contribution in [2.24, 2.45) is 0 Å². The molecule has 0 aromatic rings. The number of rotatable bonds is 8. The summed E-state index contributed by atoms with van der Waals surface area (Å²) in [5.41, 5.74) is -1.61. The van der Waals surface area contributed by atoms with E-state index in [1.165, 1.54) is 0 Å². The lowest BCUT2D eigenvalue weighted by molar-refractivity contribution is -0.151. The molecular formula is C11H23O7PS. The quantitative estimate of drug-likeness (QED) is 0.496. The van der Waals surface area contributed by atoms with Gasteiger partial charge in [0.2, 0.25) is 0 Å². The molecule has 0 saturated carbocycles. The number of esters is 1. The predicted octanol–water partition coefficient (Wildman–Crippen LogP) is 1.97. The van der Waals surface area contributed by atoms with Gasteiger partial charge in [-0.2, -0.15) is 0 Å². The lowest BCUT2D eigenvalue weighted by atomic mass is 10.2. The van der Waals surface area contributed by atoms with Gasteiger partial charge in [0.05, 0.1) is 13.2 Å². The molecule has 0 atom stereocenters. The van der Waals surface area contributed by atoms with Crippen LogP contribution in [0, 0.1) is 0 Å². The van der Waals surface area contributed by atoms with Crippen LogP contribution in [0.3, 0.4) is 0 Å². The van der Waals surface area contributed by atoms with Gasteiger partial charge in [0.25, 0.3) is 0 Å². The number of carbonyl (C=O) groups is 1. The van der Waals surface area contributed by atoms with E-state index in [0.717, 1.165) is 0 Å². The fraction of sp³-hybridized carbons (Fsp3) is 0.909. The number of hydrogen-bond donors (Lipinski definition) is 0. The maximum Gasteiger partial charge on any atom is 0.345 e. The second-order valence-corrected chi connectivity index (χ2v) is 9.60.